The normalized spacial score (nSPS) is 16.5. The van der Waals surface area contributed by atoms with E-state index >= 15 is 0 Å². The zero-order chi connectivity index (χ0) is 15.3. The van der Waals surface area contributed by atoms with Gasteiger partial charge in [-0.2, -0.15) is 0 Å². The maximum atomic E-state index is 12.4. The molecule has 0 spiro atoms. The van der Waals surface area contributed by atoms with E-state index in [0.717, 1.165) is 25.7 Å². The van der Waals surface area contributed by atoms with Crippen LogP contribution in [0.25, 0.3) is 0 Å². The number of nitrogens with zero attached hydrogens (tertiary/aromatic N) is 1. The Labute approximate surface area is 126 Å². The third-order valence-corrected chi connectivity index (χ3v) is 4.02. The molecule has 0 heterocycles. The fourth-order valence-corrected chi connectivity index (χ4v) is 2.73. The van der Waals surface area contributed by atoms with E-state index in [1.807, 2.05) is 24.3 Å². The van der Waals surface area contributed by atoms with Crippen molar-refractivity contribution in [2.24, 2.45) is 5.73 Å². The Bertz CT molecular complexity index is 484. The molecule has 0 aliphatic heterocycles. The van der Waals surface area contributed by atoms with E-state index < -0.39 is 5.54 Å². The molecule has 1 aliphatic rings. The second-order valence-corrected chi connectivity index (χ2v) is 5.59. The van der Waals surface area contributed by atoms with E-state index in [1.54, 1.807) is 19.1 Å². The molecule has 2 rings (SSSR count). The number of likely N-dealkylation sites (N-methyl/N-ethyl adjacent to an activating group) is 1. The van der Waals surface area contributed by atoms with Crippen LogP contribution in [0.2, 0.25) is 0 Å². The standard InChI is InChI=1S/C16H24N2O3/c1-18(15(19)16(17)9-5-6-10-16)11-12-21-14-8-4-3-7-13(14)20-2/h3-4,7-8H,5-6,9-12,17H2,1-2H3. The van der Waals surface area contributed by atoms with Gasteiger partial charge in [0.05, 0.1) is 19.2 Å². The molecule has 5 heteroatoms. The topological polar surface area (TPSA) is 64.8 Å². The van der Waals surface area contributed by atoms with Crippen LogP contribution >= 0.6 is 0 Å². The Balaban J connectivity index is 1.84. The summed E-state index contributed by atoms with van der Waals surface area (Å²) < 4.78 is 10.9. The van der Waals surface area contributed by atoms with Crippen molar-refractivity contribution in [3.8, 4) is 11.5 Å². The average molecular weight is 292 g/mol. The quantitative estimate of drug-likeness (QED) is 0.868. The minimum absolute atomic E-state index is 0.0172. The molecule has 0 aromatic heterocycles. The van der Waals surface area contributed by atoms with E-state index in [4.69, 9.17) is 15.2 Å². The molecule has 1 amide bonds. The SMILES string of the molecule is COc1ccccc1OCCN(C)C(=O)C1(N)CCCC1. The first-order valence-corrected chi connectivity index (χ1v) is 7.37. The summed E-state index contributed by atoms with van der Waals surface area (Å²) >= 11 is 0. The van der Waals surface area contributed by atoms with Crippen LogP contribution in [0.4, 0.5) is 0 Å². The van der Waals surface area contributed by atoms with Crippen LogP contribution in [-0.4, -0.2) is 43.7 Å². The van der Waals surface area contributed by atoms with Crippen LogP contribution in [0.5, 0.6) is 11.5 Å². The molecule has 21 heavy (non-hydrogen) atoms. The molecule has 2 N–H and O–H groups in total. The number of amides is 1. The van der Waals surface area contributed by atoms with Gasteiger partial charge in [0.1, 0.15) is 6.61 Å². The molecule has 1 saturated carbocycles. The van der Waals surface area contributed by atoms with Gasteiger partial charge in [-0.05, 0) is 25.0 Å². The third-order valence-electron chi connectivity index (χ3n) is 4.02. The fraction of sp³-hybridized carbons (Fsp3) is 0.562. The molecule has 1 aromatic rings. The molecule has 0 bridgehead atoms. The number of hydrogen-bond donors (Lipinski definition) is 1. The lowest BCUT2D eigenvalue weighted by Crippen LogP contribution is -2.53. The molecule has 0 saturated heterocycles. The number of carbonyl (C=O) groups is 1. The Morgan fingerprint density at radius 1 is 1.29 bits per heavy atom. The predicted octanol–water partition coefficient (Wildman–Crippen LogP) is 1.80. The lowest BCUT2D eigenvalue weighted by molar-refractivity contribution is -0.135. The Hall–Kier alpha value is -1.75. The first kappa shape index (κ1) is 15.6. The van der Waals surface area contributed by atoms with Crippen LogP contribution in [0.3, 0.4) is 0 Å². The summed E-state index contributed by atoms with van der Waals surface area (Å²) in [6.45, 7) is 0.925. The summed E-state index contributed by atoms with van der Waals surface area (Å²) in [7, 11) is 3.39. The highest BCUT2D eigenvalue weighted by Crippen LogP contribution is 2.29. The van der Waals surface area contributed by atoms with Gasteiger partial charge < -0.3 is 20.1 Å². The van der Waals surface area contributed by atoms with Crippen molar-refractivity contribution in [2.75, 3.05) is 27.3 Å². The van der Waals surface area contributed by atoms with Gasteiger partial charge in [0.15, 0.2) is 11.5 Å². The monoisotopic (exact) mass is 292 g/mol. The summed E-state index contributed by atoms with van der Waals surface area (Å²) in [6, 6.07) is 7.47. The summed E-state index contributed by atoms with van der Waals surface area (Å²) in [5, 5.41) is 0. The Morgan fingerprint density at radius 2 is 1.90 bits per heavy atom. The molecule has 5 nitrogen and oxygen atoms in total. The number of methoxy groups -OCH3 is 1. The van der Waals surface area contributed by atoms with Gasteiger partial charge >= 0.3 is 0 Å². The predicted molar refractivity (Wildman–Crippen MR) is 81.5 cm³/mol. The van der Waals surface area contributed by atoms with Crippen LogP contribution < -0.4 is 15.2 Å². The van der Waals surface area contributed by atoms with E-state index in [1.165, 1.54) is 0 Å². The van der Waals surface area contributed by atoms with E-state index in [0.29, 0.717) is 24.7 Å². The lowest BCUT2D eigenvalue weighted by atomic mass is 9.97. The Morgan fingerprint density at radius 3 is 2.52 bits per heavy atom. The van der Waals surface area contributed by atoms with Crippen LogP contribution in [0.15, 0.2) is 24.3 Å². The summed E-state index contributed by atoms with van der Waals surface area (Å²) in [5.74, 6) is 1.39. The van der Waals surface area contributed by atoms with Gasteiger partial charge in [0.2, 0.25) is 5.91 Å². The number of benzene rings is 1. The largest absolute Gasteiger partial charge is 0.493 e. The van der Waals surface area contributed by atoms with Crippen LogP contribution in [0, 0.1) is 0 Å². The molecule has 116 valence electrons. The van der Waals surface area contributed by atoms with Crippen molar-refractivity contribution in [1.82, 2.24) is 4.90 Å². The van der Waals surface area contributed by atoms with Crippen molar-refractivity contribution in [1.29, 1.82) is 0 Å². The average Bonchev–Trinajstić information content (AvgIpc) is 2.95. The van der Waals surface area contributed by atoms with E-state index in [2.05, 4.69) is 0 Å². The van der Waals surface area contributed by atoms with Gasteiger partial charge in [0.25, 0.3) is 0 Å². The second-order valence-electron chi connectivity index (χ2n) is 5.59. The number of rotatable bonds is 6. The summed E-state index contributed by atoms with van der Waals surface area (Å²) in [6.07, 6.45) is 3.63. The van der Waals surface area contributed by atoms with Crippen molar-refractivity contribution in [3.05, 3.63) is 24.3 Å². The molecular weight excluding hydrogens is 268 g/mol. The van der Waals surface area contributed by atoms with Gasteiger partial charge in [-0.25, -0.2) is 0 Å². The second kappa shape index (κ2) is 6.80. The van der Waals surface area contributed by atoms with E-state index in [9.17, 15) is 4.79 Å². The highest BCUT2D eigenvalue weighted by atomic mass is 16.5. The summed E-state index contributed by atoms with van der Waals surface area (Å²) in [4.78, 5) is 14.0. The number of ether oxygens (including phenoxy) is 2. The number of para-hydroxylation sites is 2. The molecule has 1 aromatic carbocycles. The van der Waals surface area contributed by atoms with Crippen molar-refractivity contribution in [2.45, 2.75) is 31.2 Å². The van der Waals surface area contributed by atoms with Gasteiger partial charge in [-0.15, -0.1) is 0 Å². The molecule has 0 unspecified atom stereocenters. The van der Waals surface area contributed by atoms with Crippen molar-refractivity contribution < 1.29 is 14.3 Å². The minimum atomic E-state index is -0.667. The smallest absolute Gasteiger partial charge is 0.242 e. The zero-order valence-electron chi connectivity index (χ0n) is 12.8. The number of hydrogen-bond acceptors (Lipinski definition) is 4. The fourth-order valence-electron chi connectivity index (χ4n) is 2.73. The highest BCUT2D eigenvalue weighted by Gasteiger charge is 2.38. The first-order valence-electron chi connectivity index (χ1n) is 7.37. The maximum Gasteiger partial charge on any atom is 0.242 e. The third kappa shape index (κ3) is 3.67. The number of nitrogens with two attached hydrogens (primary N) is 1. The maximum absolute atomic E-state index is 12.4. The highest BCUT2D eigenvalue weighted by molar-refractivity contribution is 5.86. The summed E-state index contributed by atoms with van der Waals surface area (Å²) in [5.41, 5.74) is 5.51. The molecule has 0 atom stereocenters. The van der Waals surface area contributed by atoms with Crippen molar-refractivity contribution >= 4 is 5.91 Å². The minimum Gasteiger partial charge on any atom is -0.493 e. The zero-order valence-corrected chi connectivity index (χ0v) is 12.8. The van der Waals surface area contributed by atoms with E-state index in [-0.39, 0.29) is 5.91 Å². The first-order chi connectivity index (χ1) is 10.1. The Kier molecular flexibility index (Phi) is 5.07. The lowest BCUT2D eigenvalue weighted by Gasteiger charge is -2.28. The molecule has 0 radical (unpaired) electrons. The molecule has 1 aliphatic carbocycles. The molecular formula is C16H24N2O3. The van der Waals surface area contributed by atoms with Crippen molar-refractivity contribution in [3.63, 3.8) is 0 Å². The van der Waals surface area contributed by atoms with Crippen LogP contribution in [0.1, 0.15) is 25.7 Å². The van der Waals surface area contributed by atoms with Gasteiger partial charge in [0, 0.05) is 7.05 Å². The molecule has 1 fully saturated rings. The van der Waals surface area contributed by atoms with Gasteiger partial charge in [-0.1, -0.05) is 25.0 Å². The van der Waals surface area contributed by atoms with Gasteiger partial charge in [-0.3, -0.25) is 4.79 Å². The number of carbonyl (C=O) groups excluding carboxylic acids is 1. The van der Waals surface area contributed by atoms with Crippen LogP contribution in [-0.2, 0) is 4.79 Å².